The van der Waals surface area contributed by atoms with Gasteiger partial charge in [0.05, 0.1) is 38.5 Å². The third-order valence-corrected chi connectivity index (χ3v) is 7.12. The maximum atomic E-state index is 13.7. The molecule has 0 unspecified atom stereocenters. The number of pyridine rings is 2. The summed E-state index contributed by atoms with van der Waals surface area (Å²) in [5.74, 6) is 1.34. The number of ether oxygens (including phenoxy) is 2. The summed E-state index contributed by atoms with van der Waals surface area (Å²) in [6, 6.07) is 21.7. The summed E-state index contributed by atoms with van der Waals surface area (Å²) >= 11 is 0. The van der Waals surface area contributed by atoms with Crippen LogP contribution in [0.15, 0.2) is 90.0 Å². The van der Waals surface area contributed by atoms with E-state index in [0.717, 1.165) is 16.3 Å². The zero-order valence-corrected chi connectivity index (χ0v) is 23.6. The van der Waals surface area contributed by atoms with Crippen molar-refractivity contribution in [3.05, 3.63) is 107 Å². The average molecular weight is 583 g/mol. The van der Waals surface area contributed by atoms with Crippen LogP contribution in [0, 0.1) is 0 Å². The SMILES string of the molecule is COc1cc2cc(CO)c(CO)c(-c3cccc(-n4nc(-c5cccnc5)c5ccccc5c4=O)n3)c2cc1OC.Cl. The number of benzene rings is 3. The lowest BCUT2D eigenvalue weighted by atomic mass is 9.92. The first-order chi connectivity index (χ1) is 20.1. The molecule has 0 bridgehead atoms. The third kappa shape index (κ3) is 4.83. The van der Waals surface area contributed by atoms with Gasteiger partial charge in [0.15, 0.2) is 17.3 Å². The van der Waals surface area contributed by atoms with Crippen molar-refractivity contribution in [2.24, 2.45) is 0 Å². The molecule has 6 rings (SSSR count). The van der Waals surface area contributed by atoms with Crippen LogP contribution in [-0.2, 0) is 13.2 Å². The molecule has 0 aliphatic carbocycles. The van der Waals surface area contributed by atoms with Crippen LogP contribution in [-0.4, -0.2) is 44.2 Å². The van der Waals surface area contributed by atoms with Crippen molar-refractivity contribution in [3.8, 4) is 39.8 Å². The maximum Gasteiger partial charge on any atom is 0.280 e. The Hall–Kier alpha value is -4.83. The van der Waals surface area contributed by atoms with Crippen molar-refractivity contribution >= 4 is 34.0 Å². The number of fused-ring (bicyclic) bond motifs is 2. The molecule has 10 heteroatoms. The minimum Gasteiger partial charge on any atom is -0.493 e. The van der Waals surface area contributed by atoms with Gasteiger partial charge in [-0.05, 0) is 70.4 Å². The first-order valence-electron chi connectivity index (χ1n) is 12.9. The van der Waals surface area contributed by atoms with E-state index in [2.05, 4.69) is 4.98 Å². The normalized spacial score (nSPS) is 11.0. The number of aliphatic hydroxyl groups excluding tert-OH is 2. The molecule has 0 radical (unpaired) electrons. The number of aliphatic hydroxyl groups is 2. The number of hydrogen-bond acceptors (Lipinski definition) is 8. The lowest BCUT2D eigenvalue weighted by Gasteiger charge is -2.18. The van der Waals surface area contributed by atoms with E-state index in [9.17, 15) is 15.0 Å². The number of halogens is 1. The molecule has 0 spiro atoms. The zero-order chi connectivity index (χ0) is 28.5. The molecule has 0 aliphatic heterocycles. The molecule has 0 saturated carbocycles. The molecular weight excluding hydrogens is 556 g/mol. The molecule has 9 nitrogen and oxygen atoms in total. The zero-order valence-electron chi connectivity index (χ0n) is 22.8. The Kier molecular flexibility index (Phi) is 8.17. The van der Waals surface area contributed by atoms with Crippen molar-refractivity contribution < 1.29 is 19.7 Å². The molecule has 6 aromatic rings. The first-order valence-corrected chi connectivity index (χ1v) is 12.9. The van der Waals surface area contributed by atoms with Gasteiger partial charge in [-0.25, -0.2) is 4.98 Å². The van der Waals surface area contributed by atoms with Crippen molar-refractivity contribution in [3.63, 3.8) is 0 Å². The summed E-state index contributed by atoms with van der Waals surface area (Å²) in [5, 5.41) is 28.0. The van der Waals surface area contributed by atoms with Gasteiger partial charge in [-0.3, -0.25) is 9.78 Å². The van der Waals surface area contributed by atoms with E-state index in [1.54, 1.807) is 50.9 Å². The molecule has 42 heavy (non-hydrogen) atoms. The minimum absolute atomic E-state index is 0. The Morgan fingerprint density at radius 3 is 2.29 bits per heavy atom. The van der Waals surface area contributed by atoms with Gasteiger partial charge in [-0.1, -0.05) is 24.3 Å². The van der Waals surface area contributed by atoms with Gasteiger partial charge >= 0.3 is 0 Å². The van der Waals surface area contributed by atoms with Crippen molar-refractivity contribution in [2.75, 3.05) is 14.2 Å². The second-order valence-corrected chi connectivity index (χ2v) is 9.37. The van der Waals surface area contributed by atoms with Crippen LogP contribution in [0.5, 0.6) is 11.5 Å². The Balaban J connectivity index is 0.00000353. The Labute approximate surface area is 247 Å². The highest BCUT2D eigenvalue weighted by molar-refractivity contribution is 6.00. The van der Waals surface area contributed by atoms with Crippen LogP contribution in [0.4, 0.5) is 0 Å². The molecule has 212 valence electrons. The molecular formula is C32H27ClN4O5. The molecule has 3 heterocycles. The highest BCUT2D eigenvalue weighted by Crippen LogP contribution is 2.40. The highest BCUT2D eigenvalue weighted by Gasteiger charge is 2.20. The maximum absolute atomic E-state index is 13.7. The van der Waals surface area contributed by atoms with E-state index < -0.39 is 0 Å². The van der Waals surface area contributed by atoms with E-state index in [1.165, 1.54) is 4.68 Å². The van der Waals surface area contributed by atoms with E-state index in [1.807, 2.05) is 48.5 Å². The van der Waals surface area contributed by atoms with Gasteiger partial charge in [0, 0.05) is 28.9 Å². The summed E-state index contributed by atoms with van der Waals surface area (Å²) in [7, 11) is 3.10. The van der Waals surface area contributed by atoms with Gasteiger partial charge in [-0.2, -0.15) is 9.78 Å². The van der Waals surface area contributed by atoms with Crippen LogP contribution < -0.4 is 15.0 Å². The topological polar surface area (TPSA) is 120 Å². The predicted molar refractivity (Wildman–Crippen MR) is 164 cm³/mol. The van der Waals surface area contributed by atoms with Crippen LogP contribution in [0.25, 0.3) is 49.9 Å². The largest absolute Gasteiger partial charge is 0.493 e. The fourth-order valence-corrected chi connectivity index (χ4v) is 5.18. The van der Waals surface area contributed by atoms with Gasteiger partial charge in [0.2, 0.25) is 0 Å². The van der Waals surface area contributed by atoms with E-state index in [-0.39, 0.29) is 31.2 Å². The molecule has 3 aromatic carbocycles. The second-order valence-electron chi connectivity index (χ2n) is 9.37. The number of aromatic nitrogens is 4. The number of hydrogen-bond donors (Lipinski definition) is 2. The molecule has 0 amide bonds. The van der Waals surface area contributed by atoms with E-state index in [4.69, 9.17) is 19.6 Å². The summed E-state index contributed by atoms with van der Waals surface area (Å²) in [4.78, 5) is 22.8. The Morgan fingerprint density at radius 1 is 0.833 bits per heavy atom. The standard InChI is InChI=1S/C32H26N4O5.ClH/c1-40-27-14-20-13-21(17-37)25(18-38)30(24(20)15-28(27)41-2)26-10-5-11-29(34-26)36-32(39)23-9-4-3-8-22(23)31(35-36)19-7-6-12-33-16-19;/h3-16,37-38H,17-18H2,1-2H3;1H. The predicted octanol–water partition coefficient (Wildman–Crippen LogP) is 5.09. The van der Waals surface area contributed by atoms with Crippen molar-refractivity contribution in [1.82, 2.24) is 19.7 Å². The Bertz CT molecular complexity index is 1970. The molecule has 0 fully saturated rings. The van der Waals surface area contributed by atoms with Crippen molar-refractivity contribution in [1.29, 1.82) is 0 Å². The summed E-state index contributed by atoms with van der Waals surface area (Å²) in [5.41, 5.74) is 3.21. The molecule has 0 atom stereocenters. The minimum atomic E-state index is -0.333. The Morgan fingerprint density at radius 2 is 1.60 bits per heavy atom. The van der Waals surface area contributed by atoms with Crippen LogP contribution >= 0.6 is 12.4 Å². The highest BCUT2D eigenvalue weighted by atomic mass is 35.5. The van der Waals surface area contributed by atoms with Gasteiger partial charge in [0.25, 0.3) is 5.56 Å². The van der Waals surface area contributed by atoms with Crippen LogP contribution in [0.3, 0.4) is 0 Å². The fourth-order valence-electron chi connectivity index (χ4n) is 5.18. The lowest BCUT2D eigenvalue weighted by Crippen LogP contribution is -2.23. The second kappa shape index (κ2) is 12.0. The van der Waals surface area contributed by atoms with Crippen LogP contribution in [0.2, 0.25) is 0 Å². The molecule has 3 aromatic heterocycles. The third-order valence-electron chi connectivity index (χ3n) is 7.12. The smallest absolute Gasteiger partial charge is 0.280 e. The monoisotopic (exact) mass is 582 g/mol. The van der Waals surface area contributed by atoms with Crippen molar-refractivity contribution in [2.45, 2.75) is 13.2 Å². The first kappa shape index (κ1) is 28.7. The fraction of sp³-hybridized carbons (Fsp3) is 0.125. The van der Waals surface area contributed by atoms with Gasteiger partial charge in [0.1, 0.15) is 5.69 Å². The summed E-state index contributed by atoms with van der Waals surface area (Å²) in [6.45, 7) is -0.617. The molecule has 0 aliphatic rings. The van der Waals surface area contributed by atoms with Gasteiger partial charge < -0.3 is 19.7 Å². The quantitative estimate of drug-likeness (QED) is 0.267. The van der Waals surface area contributed by atoms with E-state index >= 15 is 0 Å². The summed E-state index contributed by atoms with van der Waals surface area (Å²) in [6.07, 6.45) is 3.38. The lowest BCUT2D eigenvalue weighted by molar-refractivity contribution is 0.260. The van der Waals surface area contributed by atoms with E-state index in [0.29, 0.717) is 56.2 Å². The number of methoxy groups -OCH3 is 2. The number of nitrogens with zero attached hydrogens (tertiary/aromatic N) is 4. The molecule has 0 saturated heterocycles. The summed E-state index contributed by atoms with van der Waals surface area (Å²) < 4.78 is 12.3. The number of rotatable bonds is 7. The van der Waals surface area contributed by atoms with Crippen LogP contribution in [0.1, 0.15) is 11.1 Å². The molecule has 2 N–H and O–H groups in total. The average Bonchev–Trinajstić information content (AvgIpc) is 3.03. The van der Waals surface area contributed by atoms with Gasteiger partial charge in [-0.15, -0.1) is 12.4 Å².